The van der Waals surface area contributed by atoms with E-state index in [1.807, 2.05) is 0 Å². The molecule has 2 unspecified atom stereocenters. The Bertz CT molecular complexity index is 859. The first-order chi connectivity index (χ1) is 13.9. The molecule has 0 spiro atoms. The lowest BCUT2D eigenvalue weighted by Gasteiger charge is -2.34. The molecule has 6 nitrogen and oxygen atoms in total. The highest BCUT2D eigenvalue weighted by molar-refractivity contribution is 8.27. The lowest BCUT2D eigenvalue weighted by atomic mass is 10.1. The van der Waals surface area contributed by atoms with Crippen LogP contribution in [0.15, 0.2) is 34.1 Å². The molecule has 168 valence electrons. The molecule has 11 heteroatoms. The van der Waals surface area contributed by atoms with Gasteiger partial charge in [-0.25, -0.2) is 0 Å². The molecule has 2 aliphatic rings. The summed E-state index contributed by atoms with van der Waals surface area (Å²) in [6, 6.07) is 3.57. The van der Waals surface area contributed by atoms with Gasteiger partial charge in [0.15, 0.2) is 6.10 Å². The van der Waals surface area contributed by atoms with Gasteiger partial charge in [0.25, 0.3) is 0 Å². The van der Waals surface area contributed by atoms with Crippen LogP contribution in [0.1, 0.15) is 32.6 Å². The number of rotatable bonds is 7. The van der Waals surface area contributed by atoms with Crippen LogP contribution in [0.2, 0.25) is 5.02 Å². The molecule has 0 bridgehead atoms. The Kier molecular flexibility index (Phi) is 6.37. The summed E-state index contributed by atoms with van der Waals surface area (Å²) in [5.74, 6) is -0.822. The number of halogens is 4. The summed E-state index contributed by atoms with van der Waals surface area (Å²) in [4.78, 5) is 12.8. The van der Waals surface area contributed by atoms with Crippen LogP contribution in [0.25, 0.3) is 0 Å². The molecule has 0 radical (unpaired) electrons. The van der Waals surface area contributed by atoms with Crippen molar-refractivity contribution in [3.05, 3.63) is 34.2 Å². The van der Waals surface area contributed by atoms with E-state index in [1.54, 1.807) is 13.1 Å². The van der Waals surface area contributed by atoms with Crippen molar-refractivity contribution in [2.24, 2.45) is 5.92 Å². The number of ether oxygens (including phenoxy) is 1. The van der Waals surface area contributed by atoms with Gasteiger partial charge < -0.3 is 10.1 Å². The second-order valence-electron chi connectivity index (χ2n) is 7.54. The number of alkyl halides is 3. The minimum Gasteiger partial charge on any atom is -0.481 e. The Morgan fingerprint density at radius 3 is 2.57 bits per heavy atom. The highest BCUT2D eigenvalue weighted by Crippen LogP contribution is 2.61. The molecule has 30 heavy (non-hydrogen) atoms. The van der Waals surface area contributed by atoms with Gasteiger partial charge in [-0.05, 0) is 51.8 Å². The first-order valence-corrected chi connectivity index (χ1v) is 11.3. The van der Waals surface area contributed by atoms with Crippen LogP contribution in [0.4, 0.5) is 13.2 Å². The number of amides is 1. The van der Waals surface area contributed by atoms with Gasteiger partial charge in [0.1, 0.15) is 5.75 Å². The monoisotopic (exact) mass is 468 g/mol. The van der Waals surface area contributed by atoms with Gasteiger partial charge in [0.05, 0.1) is 21.5 Å². The molecule has 1 aromatic rings. The van der Waals surface area contributed by atoms with Crippen molar-refractivity contribution in [1.82, 2.24) is 10.6 Å². The van der Waals surface area contributed by atoms with Gasteiger partial charge in [-0.1, -0.05) is 17.7 Å². The average Bonchev–Trinajstić information content (AvgIpc) is 3.23. The highest BCUT2D eigenvalue weighted by Gasteiger charge is 2.44. The van der Waals surface area contributed by atoms with Crippen molar-refractivity contribution in [3.8, 4) is 5.75 Å². The molecule has 0 aliphatic heterocycles. The number of allylic oxidation sites excluding steroid dienone is 1. The van der Waals surface area contributed by atoms with E-state index >= 15 is 0 Å². The second-order valence-corrected chi connectivity index (χ2v) is 10.0. The SMILES string of the molecule is CNC1(NC(=O)C2C=C(S(O)(O)c3ccc(OC(C)C(F)(F)F)cc3Cl)CC2)CC1. The maximum Gasteiger partial charge on any atom is 0.425 e. The molecular weight excluding hydrogens is 445 g/mol. The largest absolute Gasteiger partial charge is 0.481 e. The molecule has 2 aliphatic carbocycles. The number of hydrogen-bond donors (Lipinski definition) is 4. The van der Waals surface area contributed by atoms with Gasteiger partial charge >= 0.3 is 6.18 Å². The summed E-state index contributed by atoms with van der Waals surface area (Å²) in [7, 11) is -1.72. The van der Waals surface area contributed by atoms with E-state index in [0.717, 1.165) is 25.8 Å². The quantitative estimate of drug-likeness (QED) is 0.427. The minimum absolute atomic E-state index is 0.0163. The smallest absolute Gasteiger partial charge is 0.425 e. The van der Waals surface area contributed by atoms with Crippen LogP contribution in [-0.4, -0.2) is 40.0 Å². The van der Waals surface area contributed by atoms with Crippen molar-refractivity contribution in [1.29, 1.82) is 0 Å². The van der Waals surface area contributed by atoms with E-state index in [1.165, 1.54) is 12.1 Å². The number of benzene rings is 1. The fourth-order valence-electron chi connectivity index (χ4n) is 3.22. The third kappa shape index (κ3) is 4.88. The van der Waals surface area contributed by atoms with E-state index in [4.69, 9.17) is 16.3 Å². The van der Waals surface area contributed by atoms with Crippen LogP contribution >= 0.6 is 22.2 Å². The number of carbonyl (C=O) groups excluding carboxylic acids is 1. The molecule has 4 N–H and O–H groups in total. The predicted molar refractivity (Wildman–Crippen MR) is 109 cm³/mol. The third-order valence-electron chi connectivity index (χ3n) is 5.37. The summed E-state index contributed by atoms with van der Waals surface area (Å²) < 4.78 is 64.4. The van der Waals surface area contributed by atoms with Gasteiger partial charge in [-0.3, -0.25) is 19.2 Å². The lowest BCUT2D eigenvalue weighted by molar-refractivity contribution is -0.189. The summed E-state index contributed by atoms with van der Waals surface area (Å²) in [6.45, 7) is 0.865. The van der Waals surface area contributed by atoms with E-state index in [0.29, 0.717) is 12.8 Å². The van der Waals surface area contributed by atoms with Gasteiger partial charge in [-0.15, -0.1) is 10.6 Å². The van der Waals surface area contributed by atoms with Crippen molar-refractivity contribution in [2.45, 2.75) is 55.4 Å². The number of hydrogen-bond acceptors (Lipinski definition) is 5. The molecule has 0 saturated heterocycles. The van der Waals surface area contributed by atoms with E-state index < -0.39 is 28.8 Å². The van der Waals surface area contributed by atoms with Crippen molar-refractivity contribution >= 4 is 28.1 Å². The van der Waals surface area contributed by atoms with Crippen molar-refractivity contribution in [2.75, 3.05) is 7.05 Å². The Balaban J connectivity index is 1.74. The predicted octanol–water partition coefficient (Wildman–Crippen LogP) is 4.90. The van der Waals surface area contributed by atoms with E-state index in [-0.39, 0.29) is 32.1 Å². The van der Waals surface area contributed by atoms with Crippen LogP contribution < -0.4 is 15.4 Å². The Hall–Kier alpha value is -1.46. The summed E-state index contributed by atoms with van der Waals surface area (Å²) >= 11 is 6.13. The van der Waals surface area contributed by atoms with Gasteiger partial charge in [0, 0.05) is 11.0 Å². The first kappa shape index (κ1) is 23.2. The van der Waals surface area contributed by atoms with Crippen molar-refractivity contribution < 1.29 is 31.8 Å². The van der Waals surface area contributed by atoms with Gasteiger partial charge in [0.2, 0.25) is 5.91 Å². The molecule has 0 aromatic heterocycles. The first-order valence-electron chi connectivity index (χ1n) is 9.41. The van der Waals surface area contributed by atoms with Crippen LogP contribution in [0.5, 0.6) is 5.75 Å². The Morgan fingerprint density at radius 1 is 1.37 bits per heavy atom. The molecule has 1 amide bonds. The standard InChI is InChI=1S/C19H24ClF3N2O4S/c1-11(19(21,22)23)29-13-4-6-16(15(20)10-13)30(27,28)14-5-3-12(9-14)17(26)25-18(24-2)7-8-18/h4,6,9-12,24,27-28H,3,5,7-8H2,1-2H3,(H,25,26). The minimum atomic E-state index is -4.54. The average molecular weight is 469 g/mol. The number of nitrogens with one attached hydrogen (secondary N) is 2. The number of carbonyl (C=O) groups is 1. The van der Waals surface area contributed by atoms with E-state index in [9.17, 15) is 27.1 Å². The molecule has 1 fully saturated rings. The molecule has 1 saturated carbocycles. The van der Waals surface area contributed by atoms with Crippen LogP contribution in [0.3, 0.4) is 0 Å². The summed E-state index contributed by atoms with van der Waals surface area (Å²) in [6.07, 6.45) is -2.63. The molecule has 3 rings (SSSR count). The Morgan fingerprint density at radius 2 is 2.03 bits per heavy atom. The second kappa shape index (κ2) is 8.23. The maximum atomic E-state index is 12.7. The normalized spacial score (nSPS) is 22.3. The zero-order valence-corrected chi connectivity index (χ0v) is 18.0. The maximum absolute atomic E-state index is 12.7. The summed E-state index contributed by atoms with van der Waals surface area (Å²) in [5.41, 5.74) is -0.372. The topological polar surface area (TPSA) is 90.8 Å². The molecular formula is C19H24ClF3N2O4S. The van der Waals surface area contributed by atoms with Crippen LogP contribution in [-0.2, 0) is 4.79 Å². The summed E-state index contributed by atoms with van der Waals surface area (Å²) in [5, 5.41) is 5.88. The third-order valence-corrected chi connectivity index (χ3v) is 7.83. The van der Waals surface area contributed by atoms with Crippen molar-refractivity contribution in [3.63, 3.8) is 0 Å². The highest BCUT2D eigenvalue weighted by atomic mass is 35.5. The fraction of sp³-hybridized carbons (Fsp3) is 0.526. The molecule has 1 aromatic carbocycles. The zero-order valence-electron chi connectivity index (χ0n) is 16.4. The molecule has 2 atom stereocenters. The van der Waals surface area contributed by atoms with Gasteiger partial charge in [-0.2, -0.15) is 13.2 Å². The zero-order chi connectivity index (χ0) is 22.3. The molecule has 0 heterocycles. The van der Waals surface area contributed by atoms with Crippen LogP contribution in [0, 0.1) is 5.92 Å². The van der Waals surface area contributed by atoms with E-state index in [2.05, 4.69) is 10.6 Å². The Labute approximate surface area is 179 Å². The lowest BCUT2D eigenvalue weighted by Crippen LogP contribution is -2.47. The fourth-order valence-corrected chi connectivity index (χ4v) is 5.34.